The van der Waals surface area contributed by atoms with E-state index < -0.39 is 0 Å². The van der Waals surface area contributed by atoms with Crippen molar-refractivity contribution >= 4 is 34.3 Å². The van der Waals surface area contributed by atoms with Gasteiger partial charge in [0.2, 0.25) is 0 Å². The van der Waals surface area contributed by atoms with Crippen molar-refractivity contribution in [1.82, 2.24) is 4.98 Å². The molecular weight excluding hydrogens is 248 g/mol. The lowest BCUT2D eigenvalue weighted by molar-refractivity contribution is 1.06. The molecule has 0 aliphatic carbocycles. The molecule has 0 amide bonds. The molecule has 0 radical (unpaired) electrons. The quantitative estimate of drug-likeness (QED) is 0.778. The summed E-state index contributed by atoms with van der Waals surface area (Å²) in [6.45, 7) is 4.12. The number of hydrogen-bond acceptors (Lipinski definition) is 4. The summed E-state index contributed by atoms with van der Waals surface area (Å²) in [4.78, 5) is 5.58. The zero-order valence-electron chi connectivity index (χ0n) is 9.73. The second-order valence-electron chi connectivity index (χ2n) is 3.64. The molecule has 0 aromatic carbocycles. The number of nitriles is 1. The Hall–Kier alpha value is -1.44. The van der Waals surface area contributed by atoms with Gasteiger partial charge in [0.1, 0.15) is 11.1 Å². The minimum absolute atomic E-state index is 0.653. The SMILES string of the molecule is CCc1csc(/C(C#N)=C/c2sccc2C)n1. The summed E-state index contributed by atoms with van der Waals surface area (Å²) in [5, 5.41) is 14.1. The predicted molar refractivity (Wildman–Crippen MR) is 74.0 cm³/mol. The average molecular weight is 260 g/mol. The van der Waals surface area contributed by atoms with Crippen molar-refractivity contribution in [3.8, 4) is 6.07 Å². The maximum absolute atomic E-state index is 9.20. The van der Waals surface area contributed by atoms with E-state index in [2.05, 4.69) is 31.0 Å². The van der Waals surface area contributed by atoms with Crippen LogP contribution in [0.1, 0.15) is 28.1 Å². The molecule has 0 aliphatic heterocycles. The molecule has 0 saturated heterocycles. The Labute approximate surface area is 109 Å². The first-order valence-electron chi connectivity index (χ1n) is 5.35. The first-order chi connectivity index (χ1) is 8.24. The predicted octanol–water partition coefficient (Wildman–Crippen LogP) is 4.14. The Kier molecular flexibility index (Phi) is 3.72. The lowest BCUT2D eigenvalue weighted by atomic mass is 10.2. The van der Waals surface area contributed by atoms with E-state index in [9.17, 15) is 5.26 Å². The number of thiazole rings is 1. The molecule has 0 fully saturated rings. The molecule has 0 saturated carbocycles. The summed E-state index contributed by atoms with van der Waals surface area (Å²) in [6.07, 6.45) is 2.84. The lowest BCUT2D eigenvalue weighted by Gasteiger charge is -1.93. The topological polar surface area (TPSA) is 36.7 Å². The van der Waals surface area contributed by atoms with Crippen molar-refractivity contribution in [2.75, 3.05) is 0 Å². The van der Waals surface area contributed by atoms with Gasteiger partial charge in [-0.2, -0.15) is 5.26 Å². The zero-order valence-corrected chi connectivity index (χ0v) is 11.4. The maximum atomic E-state index is 9.20. The monoisotopic (exact) mass is 260 g/mol. The van der Waals surface area contributed by atoms with Gasteiger partial charge in [-0.3, -0.25) is 0 Å². The van der Waals surface area contributed by atoms with Crippen LogP contribution >= 0.6 is 22.7 Å². The van der Waals surface area contributed by atoms with Gasteiger partial charge in [0.05, 0.1) is 11.3 Å². The van der Waals surface area contributed by atoms with E-state index in [0.29, 0.717) is 5.57 Å². The highest BCUT2D eigenvalue weighted by molar-refractivity contribution is 7.12. The fourth-order valence-electron chi connectivity index (χ4n) is 1.40. The van der Waals surface area contributed by atoms with Crippen LogP contribution in [-0.2, 0) is 6.42 Å². The van der Waals surface area contributed by atoms with Crippen LogP contribution < -0.4 is 0 Å². The van der Waals surface area contributed by atoms with Crippen LogP contribution in [0.3, 0.4) is 0 Å². The van der Waals surface area contributed by atoms with Crippen LogP contribution in [0.15, 0.2) is 16.8 Å². The molecule has 0 atom stereocenters. The molecule has 2 aromatic heterocycles. The van der Waals surface area contributed by atoms with E-state index in [1.165, 1.54) is 16.9 Å². The number of rotatable bonds is 3. The van der Waals surface area contributed by atoms with E-state index >= 15 is 0 Å². The molecule has 2 rings (SSSR count). The van der Waals surface area contributed by atoms with Crippen LogP contribution in [0.4, 0.5) is 0 Å². The summed E-state index contributed by atoms with van der Waals surface area (Å²) in [6, 6.07) is 4.30. The summed E-state index contributed by atoms with van der Waals surface area (Å²) in [5.41, 5.74) is 2.91. The Morgan fingerprint density at radius 1 is 1.53 bits per heavy atom. The second kappa shape index (κ2) is 5.26. The smallest absolute Gasteiger partial charge is 0.134 e. The third-order valence-electron chi connectivity index (χ3n) is 2.44. The van der Waals surface area contributed by atoms with Gasteiger partial charge in [-0.25, -0.2) is 4.98 Å². The maximum Gasteiger partial charge on any atom is 0.134 e. The minimum atomic E-state index is 0.653. The highest BCUT2D eigenvalue weighted by Gasteiger charge is 2.07. The van der Waals surface area contributed by atoms with Crippen molar-refractivity contribution in [2.45, 2.75) is 20.3 Å². The highest BCUT2D eigenvalue weighted by Crippen LogP contribution is 2.25. The van der Waals surface area contributed by atoms with E-state index in [0.717, 1.165) is 22.0 Å². The second-order valence-corrected chi connectivity index (χ2v) is 5.44. The first-order valence-corrected chi connectivity index (χ1v) is 7.11. The third kappa shape index (κ3) is 2.63. The molecule has 0 N–H and O–H groups in total. The van der Waals surface area contributed by atoms with Gasteiger partial charge in [0.15, 0.2) is 0 Å². The van der Waals surface area contributed by atoms with Gasteiger partial charge >= 0.3 is 0 Å². The minimum Gasteiger partial charge on any atom is -0.240 e. The standard InChI is InChI=1S/C13H12N2S2/c1-3-11-8-17-13(15-11)10(7-14)6-12-9(2)4-5-16-12/h4-6,8H,3H2,1-2H3/b10-6+. The summed E-state index contributed by atoms with van der Waals surface area (Å²) in [5.74, 6) is 0. The molecule has 86 valence electrons. The van der Waals surface area contributed by atoms with Crippen molar-refractivity contribution in [3.63, 3.8) is 0 Å². The molecule has 2 heterocycles. The van der Waals surface area contributed by atoms with Gasteiger partial charge in [-0.05, 0) is 36.4 Å². The van der Waals surface area contributed by atoms with E-state index in [-0.39, 0.29) is 0 Å². The number of nitrogens with zero attached hydrogens (tertiary/aromatic N) is 2. The van der Waals surface area contributed by atoms with Crippen molar-refractivity contribution in [2.24, 2.45) is 0 Å². The molecule has 4 heteroatoms. The molecule has 0 bridgehead atoms. The van der Waals surface area contributed by atoms with Gasteiger partial charge in [-0.15, -0.1) is 22.7 Å². The Morgan fingerprint density at radius 3 is 2.88 bits per heavy atom. The number of aryl methyl sites for hydroxylation is 2. The third-order valence-corrected chi connectivity index (χ3v) is 4.33. The van der Waals surface area contributed by atoms with Crippen LogP contribution in [0, 0.1) is 18.3 Å². The summed E-state index contributed by atoms with van der Waals surface area (Å²) in [7, 11) is 0. The Morgan fingerprint density at radius 2 is 2.35 bits per heavy atom. The molecule has 2 aromatic rings. The molecule has 0 spiro atoms. The summed E-state index contributed by atoms with van der Waals surface area (Å²) < 4.78 is 0. The number of thiophene rings is 1. The highest BCUT2D eigenvalue weighted by atomic mass is 32.1. The van der Waals surface area contributed by atoms with Crippen molar-refractivity contribution in [1.29, 1.82) is 5.26 Å². The molecular formula is C13H12N2S2. The zero-order chi connectivity index (χ0) is 12.3. The van der Waals surface area contributed by atoms with E-state index in [1.807, 2.05) is 16.8 Å². The van der Waals surface area contributed by atoms with Crippen LogP contribution in [0.25, 0.3) is 11.6 Å². The van der Waals surface area contributed by atoms with E-state index in [1.54, 1.807) is 11.3 Å². The first kappa shape index (κ1) is 12.0. The Balaban J connectivity index is 2.38. The van der Waals surface area contributed by atoms with Gasteiger partial charge in [-0.1, -0.05) is 6.92 Å². The number of aromatic nitrogens is 1. The molecule has 2 nitrogen and oxygen atoms in total. The number of allylic oxidation sites excluding steroid dienone is 1. The van der Waals surface area contributed by atoms with Crippen molar-refractivity contribution < 1.29 is 0 Å². The van der Waals surface area contributed by atoms with Crippen LogP contribution in [0.2, 0.25) is 0 Å². The average Bonchev–Trinajstić information content (AvgIpc) is 2.95. The lowest BCUT2D eigenvalue weighted by Crippen LogP contribution is -1.83. The number of hydrogen-bond donors (Lipinski definition) is 0. The van der Waals surface area contributed by atoms with Gasteiger partial charge in [0, 0.05) is 10.3 Å². The van der Waals surface area contributed by atoms with Crippen LogP contribution in [0.5, 0.6) is 0 Å². The molecule has 0 aliphatic rings. The Bertz CT molecular complexity index is 585. The van der Waals surface area contributed by atoms with E-state index in [4.69, 9.17) is 0 Å². The van der Waals surface area contributed by atoms with Gasteiger partial charge in [0.25, 0.3) is 0 Å². The fraction of sp³-hybridized carbons (Fsp3) is 0.231. The van der Waals surface area contributed by atoms with Crippen LogP contribution in [-0.4, -0.2) is 4.98 Å². The molecule has 17 heavy (non-hydrogen) atoms. The normalized spacial score (nSPS) is 11.5. The van der Waals surface area contributed by atoms with Gasteiger partial charge < -0.3 is 0 Å². The van der Waals surface area contributed by atoms with Crippen molar-refractivity contribution in [3.05, 3.63) is 38.0 Å². The fourth-order valence-corrected chi connectivity index (χ4v) is 3.13. The summed E-state index contributed by atoms with van der Waals surface area (Å²) >= 11 is 3.19. The largest absolute Gasteiger partial charge is 0.240 e. The molecule has 0 unspecified atom stereocenters.